The molecule has 0 aromatic heterocycles. The van der Waals surface area contributed by atoms with E-state index in [1.165, 1.54) is 0 Å². The highest BCUT2D eigenvalue weighted by molar-refractivity contribution is 5.84. The fourth-order valence-electron chi connectivity index (χ4n) is 6.14. The summed E-state index contributed by atoms with van der Waals surface area (Å²) in [4.78, 5) is 14.3. The zero-order chi connectivity index (χ0) is 20.5. The minimum atomic E-state index is -2.28. The number of carbonyl (C=O) groups is 1. The number of nitrogens with zero attached hydrogens (tertiary/aromatic N) is 2. The second-order valence-corrected chi connectivity index (χ2v) is 8.36. The molecule has 1 amide bonds. The summed E-state index contributed by atoms with van der Waals surface area (Å²) in [5, 5.41) is 20.5. The first-order valence-electron chi connectivity index (χ1n) is 11.0. The quantitative estimate of drug-likeness (QED) is 0.799. The monoisotopic (exact) mass is 320 g/mol. The van der Waals surface area contributed by atoms with Gasteiger partial charge in [0.05, 0.1) is 20.4 Å². The molecule has 1 saturated heterocycles. The molecule has 6 rings (SSSR count). The summed E-state index contributed by atoms with van der Waals surface area (Å²) in [6, 6.07) is -3.62. The van der Waals surface area contributed by atoms with E-state index in [9.17, 15) is 15.2 Å². The molecule has 0 aromatic rings. The van der Waals surface area contributed by atoms with Crippen LogP contribution in [0.4, 0.5) is 0 Å². The van der Waals surface area contributed by atoms with Gasteiger partial charge in [-0.25, -0.2) is 0 Å². The van der Waals surface area contributed by atoms with Crippen molar-refractivity contribution < 1.29 is 16.8 Å². The zero-order valence-electron chi connectivity index (χ0n) is 18.0. The van der Waals surface area contributed by atoms with Crippen LogP contribution < -0.4 is 5.73 Å². The van der Waals surface area contributed by atoms with Gasteiger partial charge in [-0.1, -0.05) is 0 Å². The van der Waals surface area contributed by atoms with E-state index in [1.54, 1.807) is 0 Å². The van der Waals surface area contributed by atoms with Crippen LogP contribution in [0.1, 0.15) is 58.2 Å². The van der Waals surface area contributed by atoms with Crippen molar-refractivity contribution in [2.75, 3.05) is 0 Å². The van der Waals surface area contributed by atoms with E-state index >= 15 is 0 Å². The number of nitrogens with two attached hydrogens (primary N) is 1. The van der Waals surface area contributed by atoms with Crippen LogP contribution in [-0.4, -0.2) is 39.6 Å². The molecule has 124 valence electrons. The van der Waals surface area contributed by atoms with Crippen molar-refractivity contribution >= 4 is 5.91 Å². The highest BCUT2D eigenvalue weighted by Gasteiger charge is 2.62. The summed E-state index contributed by atoms with van der Waals surface area (Å²) in [5.74, 6) is -2.43. The van der Waals surface area contributed by atoms with Gasteiger partial charge in [0.1, 0.15) is 6.04 Å². The number of carbonyl (C=O) groups excluding carboxylic acids is 1. The van der Waals surface area contributed by atoms with Crippen LogP contribution in [0, 0.1) is 34.5 Å². The molecule has 6 fully saturated rings. The molecule has 6 aliphatic rings. The minimum absolute atomic E-state index is 0.199. The van der Waals surface area contributed by atoms with Gasteiger partial charge < -0.3 is 15.7 Å². The van der Waals surface area contributed by atoms with E-state index in [4.69, 9.17) is 12.6 Å². The summed E-state index contributed by atoms with van der Waals surface area (Å²) < 4.78 is 41.9. The molecule has 3 unspecified atom stereocenters. The van der Waals surface area contributed by atoms with E-state index in [0.29, 0.717) is 25.7 Å². The maximum Gasteiger partial charge on any atom is 0.241 e. The van der Waals surface area contributed by atoms with Crippen LogP contribution in [0.25, 0.3) is 0 Å². The Balaban J connectivity index is 1.54. The molecule has 0 spiro atoms. The largest absolute Gasteiger partial charge is 0.390 e. The predicted octanol–water partition coefficient (Wildman–Crippen LogP) is 1.16. The molecule has 1 heterocycles. The number of aliphatic hydroxyl groups is 1. The van der Waals surface area contributed by atoms with Gasteiger partial charge in [0, 0.05) is 10.1 Å². The van der Waals surface area contributed by atoms with Crippen LogP contribution in [0.15, 0.2) is 0 Å². The van der Waals surface area contributed by atoms with Crippen LogP contribution in [-0.2, 0) is 4.79 Å². The lowest BCUT2D eigenvalue weighted by atomic mass is 9.46. The Kier molecular flexibility index (Phi) is 1.86. The third-order valence-electron chi connectivity index (χ3n) is 6.64. The minimum Gasteiger partial charge on any atom is -0.390 e. The summed E-state index contributed by atoms with van der Waals surface area (Å²) in [5.41, 5.74) is 4.50. The Morgan fingerprint density at radius 1 is 1.43 bits per heavy atom. The van der Waals surface area contributed by atoms with Crippen molar-refractivity contribution in [3.63, 3.8) is 0 Å². The molecular formula is C18H25N3O2. The van der Waals surface area contributed by atoms with E-state index in [1.807, 2.05) is 6.07 Å². The lowest BCUT2D eigenvalue weighted by Gasteiger charge is -2.61. The summed E-state index contributed by atoms with van der Waals surface area (Å²) >= 11 is 0. The molecule has 5 aliphatic carbocycles. The van der Waals surface area contributed by atoms with Gasteiger partial charge in [0.15, 0.2) is 0 Å². The average Bonchev–Trinajstić information content (AvgIpc) is 2.79. The zero-order valence-corrected chi connectivity index (χ0v) is 13.0. The van der Waals surface area contributed by atoms with Crippen LogP contribution in [0.5, 0.6) is 0 Å². The van der Waals surface area contributed by atoms with Gasteiger partial charge in [-0.3, -0.25) is 4.79 Å². The van der Waals surface area contributed by atoms with E-state index in [-0.39, 0.29) is 24.7 Å². The Morgan fingerprint density at radius 2 is 2.13 bits per heavy atom. The molecule has 6 atom stereocenters. The van der Waals surface area contributed by atoms with E-state index in [0.717, 1.165) is 11.3 Å². The van der Waals surface area contributed by atoms with Gasteiger partial charge in [0.2, 0.25) is 5.91 Å². The second kappa shape index (κ2) is 4.29. The molecule has 5 saturated carbocycles. The Bertz CT molecular complexity index is 815. The van der Waals surface area contributed by atoms with Crippen molar-refractivity contribution in [2.45, 2.75) is 75.0 Å². The molecule has 0 radical (unpaired) electrons. The van der Waals surface area contributed by atoms with Gasteiger partial charge >= 0.3 is 0 Å². The van der Waals surface area contributed by atoms with Crippen molar-refractivity contribution in [2.24, 2.45) is 28.9 Å². The summed E-state index contributed by atoms with van der Waals surface area (Å²) in [6.45, 7) is 0. The lowest BCUT2D eigenvalue weighted by Crippen LogP contribution is -2.64. The average molecular weight is 320 g/mol. The highest BCUT2D eigenvalue weighted by atomic mass is 16.3. The van der Waals surface area contributed by atoms with Crippen LogP contribution in [0.3, 0.4) is 0 Å². The van der Waals surface area contributed by atoms with Gasteiger partial charge in [-0.05, 0) is 74.5 Å². The highest BCUT2D eigenvalue weighted by Crippen LogP contribution is 2.63. The fraction of sp³-hybridized carbons (Fsp3) is 0.889. The molecule has 0 aromatic carbocycles. The van der Waals surface area contributed by atoms with Crippen molar-refractivity contribution in [1.29, 1.82) is 5.26 Å². The van der Waals surface area contributed by atoms with Crippen molar-refractivity contribution in [3.05, 3.63) is 0 Å². The Morgan fingerprint density at radius 3 is 2.74 bits per heavy atom. The number of piperidine rings is 1. The number of fused-ring (bicyclic) bond motifs is 1. The number of hydrogen-bond acceptors (Lipinski definition) is 4. The number of rotatable bonds is 2. The Labute approximate surface area is 143 Å². The number of nitriles is 1. The number of hydrogen-bond donors (Lipinski definition) is 2. The normalized spacial score (nSPS) is 66.9. The lowest BCUT2D eigenvalue weighted by molar-refractivity contribution is -0.177. The maximum absolute atomic E-state index is 13.5. The first kappa shape index (κ1) is 10.0. The van der Waals surface area contributed by atoms with Crippen LogP contribution in [0.2, 0.25) is 0 Å². The summed E-state index contributed by atoms with van der Waals surface area (Å²) in [6.07, 6.45) is 1.07. The second-order valence-electron chi connectivity index (χ2n) is 8.36. The number of likely N-dealkylation sites (tertiary alicyclic amines) is 1. The third-order valence-corrected chi connectivity index (χ3v) is 6.64. The van der Waals surface area contributed by atoms with Crippen LogP contribution >= 0.6 is 0 Å². The molecule has 23 heavy (non-hydrogen) atoms. The van der Waals surface area contributed by atoms with E-state index in [2.05, 4.69) is 0 Å². The molecule has 3 N–H and O–H groups in total. The standard InChI is InChI=1S/C18H25N3O2/c19-8-13-2-12-3-14(12)21(13)16(22)15(20)17-4-10-1-11(5-17)7-18(23,6-10)9-17/h10-15,23H,1-7,9,20H2/t10?,11?,12-,13?,14+,15+,17?,18?/m1/s1/i3D2,12D,14D,15D. The van der Waals surface area contributed by atoms with E-state index < -0.39 is 47.3 Å². The SMILES string of the molecule is [2H]C1([2H])[C@]2([2H])N(C(=O)[C@]([2H])(N)C34CC5CC(CC(O)(C5)C3)C4)C(C#N)C[C@]12[2H]. The smallest absolute Gasteiger partial charge is 0.241 e. The third kappa shape index (κ3) is 1.88. The maximum atomic E-state index is 13.5. The van der Waals surface area contributed by atoms with Gasteiger partial charge in [-0.2, -0.15) is 5.26 Å². The topological polar surface area (TPSA) is 90.3 Å². The first-order valence-corrected chi connectivity index (χ1v) is 8.52. The molecule has 5 nitrogen and oxygen atoms in total. The van der Waals surface area contributed by atoms with Gasteiger partial charge in [0.25, 0.3) is 0 Å². The molecular weight excluding hydrogens is 290 g/mol. The Hall–Kier alpha value is -1.12. The summed E-state index contributed by atoms with van der Waals surface area (Å²) in [7, 11) is 0. The molecule has 1 aliphatic heterocycles. The van der Waals surface area contributed by atoms with Crippen molar-refractivity contribution in [1.82, 2.24) is 4.90 Å². The number of amides is 1. The van der Waals surface area contributed by atoms with Crippen molar-refractivity contribution in [3.8, 4) is 6.07 Å². The fourth-order valence-corrected chi connectivity index (χ4v) is 6.14. The predicted molar refractivity (Wildman–Crippen MR) is 82.8 cm³/mol. The first-order chi connectivity index (χ1) is 12.8. The molecule has 4 bridgehead atoms. The van der Waals surface area contributed by atoms with Gasteiger partial charge in [-0.15, -0.1) is 0 Å². The molecule has 5 heteroatoms.